The molecule has 8 heteroatoms. The summed E-state index contributed by atoms with van der Waals surface area (Å²) in [5.41, 5.74) is 0.841. The average Bonchev–Trinajstić information content (AvgIpc) is 2.37. The largest absolute Gasteiger partial charge is 0.338 e. The van der Waals surface area contributed by atoms with E-state index in [9.17, 15) is 13.2 Å². The molecule has 0 fully saturated rings. The van der Waals surface area contributed by atoms with Gasteiger partial charge in [0.2, 0.25) is 10.0 Å². The maximum absolute atomic E-state index is 11.7. The van der Waals surface area contributed by atoms with E-state index in [1.165, 1.54) is 0 Å². The lowest BCUT2D eigenvalue weighted by atomic mass is 10.1. The zero-order chi connectivity index (χ0) is 15.9. The molecular formula is C13H20ClN3O3S. The molecule has 0 aromatic heterocycles. The van der Waals surface area contributed by atoms with Gasteiger partial charge in [-0.25, -0.2) is 17.9 Å². The van der Waals surface area contributed by atoms with Crippen LogP contribution in [0, 0.1) is 0 Å². The first-order valence-electron chi connectivity index (χ1n) is 6.53. The van der Waals surface area contributed by atoms with Gasteiger partial charge < -0.3 is 10.6 Å². The molecule has 1 rings (SSSR count). The molecule has 0 aliphatic heterocycles. The van der Waals surface area contributed by atoms with Gasteiger partial charge in [-0.15, -0.1) is 0 Å². The lowest BCUT2D eigenvalue weighted by molar-refractivity contribution is 0.238. The van der Waals surface area contributed by atoms with E-state index in [0.717, 1.165) is 11.8 Å². The highest BCUT2D eigenvalue weighted by atomic mass is 35.5. The van der Waals surface area contributed by atoms with Gasteiger partial charge in [-0.05, 0) is 25.0 Å². The minimum atomic E-state index is -3.18. The van der Waals surface area contributed by atoms with Gasteiger partial charge in [-0.2, -0.15) is 0 Å². The summed E-state index contributed by atoms with van der Waals surface area (Å²) >= 11 is 6.05. The fourth-order valence-corrected chi connectivity index (χ4v) is 2.51. The average molecular weight is 334 g/mol. The molecule has 0 heterocycles. The maximum Gasteiger partial charge on any atom is 0.315 e. The summed E-state index contributed by atoms with van der Waals surface area (Å²) < 4.78 is 24.0. The molecule has 6 nitrogen and oxygen atoms in total. The van der Waals surface area contributed by atoms with Crippen LogP contribution in [0.1, 0.15) is 24.9 Å². The Morgan fingerprint density at radius 2 is 1.95 bits per heavy atom. The fourth-order valence-electron chi connectivity index (χ4n) is 1.70. The van der Waals surface area contributed by atoms with Gasteiger partial charge >= 0.3 is 6.03 Å². The van der Waals surface area contributed by atoms with Crippen molar-refractivity contribution in [1.82, 2.24) is 15.4 Å². The third-order valence-corrected chi connectivity index (χ3v) is 3.80. The second kappa shape index (κ2) is 8.21. The highest BCUT2D eigenvalue weighted by Gasteiger charge is 2.11. The minimum Gasteiger partial charge on any atom is -0.338 e. The molecule has 0 saturated carbocycles. The Morgan fingerprint density at radius 1 is 1.29 bits per heavy atom. The number of carbonyl (C=O) groups excluding carboxylic acids is 1. The number of carbonyl (C=O) groups is 1. The second-order valence-corrected chi connectivity index (χ2v) is 6.90. The summed E-state index contributed by atoms with van der Waals surface area (Å²) in [5, 5.41) is 6.03. The molecular weight excluding hydrogens is 314 g/mol. The van der Waals surface area contributed by atoms with Crippen molar-refractivity contribution >= 4 is 27.7 Å². The quantitative estimate of drug-likeness (QED) is 0.663. The molecule has 0 aliphatic rings. The first-order chi connectivity index (χ1) is 9.79. The van der Waals surface area contributed by atoms with Crippen molar-refractivity contribution in [2.45, 2.75) is 19.4 Å². The molecule has 1 aromatic rings. The summed E-state index contributed by atoms with van der Waals surface area (Å²) in [6.07, 6.45) is 1.61. The number of hydrogen-bond acceptors (Lipinski definition) is 3. The van der Waals surface area contributed by atoms with E-state index in [2.05, 4.69) is 15.4 Å². The highest BCUT2D eigenvalue weighted by Crippen LogP contribution is 2.21. The Bertz CT molecular complexity index is 578. The van der Waals surface area contributed by atoms with Crippen LogP contribution in [0.5, 0.6) is 0 Å². The van der Waals surface area contributed by atoms with Crippen LogP contribution in [-0.2, 0) is 10.0 Å². The summed E-state index contributed by atoms with van der Waals surface area (Å²) in [6.45, 7) is 2.51. The second-order valence-electron chi connectivity index (χ2n) is 4.66. The van der Waals surface area contributed by atoms with Crippen molar-refractivity contribution in [2.24, 2.45) is 0 Å². The molecule has 21 heavy (non-hydrogen) atoms. The SMILES string of the molecule is CC(NC(=O)NCCCNS(C)(=O)=O)c1ccccc1Cl. The smallest absolute Gasteiger partial charge is 0.315 e. The molecule has 0 saturated heterocycles. The Kier molecular flexibility index (Phi) is 6.94. The Morgan fingerprint density at radius 3 is 2.57 bits per heavy atom. The van der Waals surface area contributed by atoms with Crippen molar-refractivity contribution in [3.8, 4) is 0 Å². The van der Waals surface area contributed by atoms with Gasteiger partial charge in [0, 0.05) is 18.1 Å². The fraction of sp³-hybridized carbons (Fsp3) is 0.462. The molecule has 0 radical (unpaired) electrons. The van der Waals surface area contributed by atoms with Crippen molar-refractivity contribution in [3.63, 3.8) is 0 Å². The molecule has 1 atom stereocenters. The first kappa shape index (κ1) is 17.7. The number of benzene rings is 1. The maximum atomic E-state index is 11.7. The van der Waals surface area contributed by atoms with E-state index in [1.54, 1.807) is 6.07 Å². The molecule has 1 aromatic carbocycles. The van der Waals surface area contributed by atoms with Crippen molar-refractivity contribution in [1.29, 1.82) is 0 Å². The van der Waals surface area contributed by atoms with Crippen LogP contribution in [-0.4, -0.2) is 33.8 Å². The number of halogens is 1. The zero-order valence-electron chi connectivity index (χ0n) is 12.0. The summed E-state index contributed by atoms with van der Waals surface area (Å²) in [7, 11) is -3.18. The van der Waals surface area contributed by atoms with Gasteiger partial charge in [0.05, 0.1) is 12.3 Å². The molecule has 0 aliphatic carbocycles. The van der Waals surface area contributed by atoms with E-state index >= 15 is 0 Å². The third-order valence-electron chi connectivity index (χ3n) is 2.72. The molecule has 2 amide bonds. The van der Waals surface area contributed by atoms with Crippen molar-refractivity contribution in [2.75, 3.05) is 19.3 Å². The van der Waals surface area contributed by atoms with Crippen molar-refractivity contribution in [3.05, 3.63) is 34.9 Å². The number of amides is 2. The van der Waals surface area contributed by atoms with E-state index in [-0.39, 0.29) is 12.1 Å². The summed E-state index contributed by atoms with van der Waals surface area (Å²) in [5.74, 6) is 0. The molecule has 0 bridgehead atoms. The molecule has 0 spiro atoms. The predicted molar refractivity (Wildman–Crippen MR) is 83.9 cm³/mol. The third kappa shape index (κ3) is 7.31. The Labute approximate surface area is 130 Å². The van der Waals surface area contributed by atoms with Crippen LogP contribution in [0.4, 0.5) is 4.79 Å². The monoisotopic (exact) mass is 333 g/mol. The number of sulfonamides is 1. The van der Waals surface area contributed by atoms with Crippen LogP contribution in [0.15, 0.2) is 24.3 Å². The van der Waals surface area contributed by atoms with Crippen LogP contribution < -0.4 is 15.4 Å². The van der Waals surface area contributed by atoms with Gasteiger partial charge in [-0.1, -0.05) is 29.8 Å². The number of hydrogen-bond donors (Lipinski definition) is 3. The standard InChI is InChI=1S/C13H20ClN3O3S/c1-10(11-6-3-4-7-12(11)14)17-13(18)15-8-5-9-16-21(2,19)20/h3-4,6-7,10,16H,5,8-9H2,1-2H3,(H2,15,17,18). The molecule has 1 unspecified atom stereocenters. The van der Waals surface area contributed by atoms with Crippen LogP contribution in [0.25, 0.3) is 0 Å². The van der Waals surface area contributed by atoms with Crippen LogP contribution >= 0.6 is 11.6 Å². The van der Waals surface area contributed by atoms with Gasteiger partial charge in [-0.3, -0.25) is 0 Å². The van der Waals surface area contributed by atoms with Gasteiger partial charge in [0.15, 0.2) is 0 Å². The molecule has 3 N–H and O–H groups in total. The number of urea groups is 1. The summed E-state index contributed by atoms with van der Waals surface area (Å²) in [4.78, 5) is 11.7. The first-order valence-corrected chi connectivity index (χ1v) is 8.80. The topological polar surface area (TPSA) is 87.3 Å². The van der Waals surface area contributed by atoms with Crippen LogP contribution in [0.3, 0.4) is 0 Å². The summed E-state index contributed by atoms with van der Waals surface area (Å²) in [6, 6.07) is 6.77. The van der Waals surface area contributed by atoms with Crippen LogP contribution in [0.2, 0.25) is 5.02 Å². The lowest BCUT2D eigenvalue weighted by Crippen LogP contribution is -2.38. The van der Waals surface area contributed by atoms with Gasteiger partial charge in [0.1, 0.15) is 0 Å². The zero-order valence-corrected chi connectivity index (χ0v) is 13.6. The Balaban J connectivity index is 2.29. The lowest BCUT2D eigenvalue weighted by Gasteiger charge is -2.16. The van der Waals surface area contributed by atoms with E-state index in [1.807, 2.05) is 25.1 Å². The van der Waals surface area contributed by atoms with E-state index < -0.39 is 10.0 Å². The molecule has 118 valence electrons. The Hall–Kier alpha value is -1.31. The number of nitrogens with one attached hydrogen (secondary N) is 3. The number of rotatable bonds is 7. The minimum absolute atomic E-state index is 0.215. The van der Waals surface area contributed by atoms with Gasteiger partial charge in [0.25, 0.3) is 0 Å². The van der Waals surface area contributed by atoms with Crippen molar-refractivity contribution < 1.29 is 13.2 Å². The van der Waals surface area contributed by atoms with E-state index in [4.69, 9.17) is 11.6 Å². The normalized spacial score (nSPS) is 12.7. The highest BCUT2D eigenvalue weighted by molar-refractivity contribution is 7.88. The predicted octanol–water partition coefficient (Wildman–Crippen LogP) is 1.64. The van der Waals surface area contributed by atoms with E-state index in [0.29, 0.717) is 24.5 Å².